The van der Waals surface area contributed by atoms with E-state index in [1.807, 2.05) is 0 Å². The number of hydrogen-bond donors (Lipinski definition) is 1. The molecule has 0 aliphatic carbocycles. The van der Waals surface area contributed by atoms with Crippen LogP contribution in [0, 0.1) is 0 Å². The Labute approximate surface area is 104 Å². The van der Waals surface area contributed by atoms with E-state index in [2.05, 4.69) is 10.5 Å². The molecule has 0 saturated heterocycles. The van der Waals surface area contributed by atoms with E-state index in [9.17, 15) is 0 Å². The summed E-state index contributed by atoms with van der Waals surface area (Å²) in [4.78, 5) is 0. The van der Waals surface area contributed by atoms with Crippen LogP contribution in [0.4, 0.5) is 0 Å². The molecule has 14 heavy (non-hydrogen) atoms. The van der Waals surface area contributed by atoms with Crippen LogP contribution in [-0.4, -0.2) is 29.1 Å². The summed E-state index contributed by atoms with van der Waals surface area (Å²) in [7, 11) is 0. The van der Waals surface area contributed by atoms with Crippen molar-refractivity contribution in [2.24, 2.45) is 0 Å². The summed E-state index contributed by atoms with van der Waals surface area (Å²) in [6.07, 6.45) is 14.3. The van der Waals surface area contributed by atoms with E-state index in [4.69, 9.17) is 0 Å². The van der Waals surface area contributed by atoms with Gasteiger partial charge in [0.1, 0.15) is 0 Å². The van der Waals surface area contributed by atoms with Crippen molar-refractivity contribution in [2.75, 3.05) is 6.54 Å². The van der Waals surface area contributed by atoms with Crippen molar-refractivity contribution in [1.82, 2.24) is 3.57 Å². The zero-order chi connectivity index (χ0) is 10.5. The molecule has 0 aliphatic heterocycles. The van der Waals surface area contributed by atoms with Crippen LogP contribution in [-0.2, 0) is 0 Å². The molecule has 0 atom stereocenters. The van der Waals surface area contributed by atoms with Gasteiger partial charge in [-0.05, 0) is 0 Å². The van der Waals surface area contributed by atoms with Crippen LogP contribution in [0.5, 0.6) is 0 Å². The predicted molar refractivity (Wildman–Crippen MR) is 67.0 cm³/mol. The topological polar surface area (TPSA) is 12.0 Å². The molecular weight excluding hydrogens is 286 g/mol. The molecule has 0 unspecified atom stereocenters. The third-order valence-corrected chi connectivity index (χ3v) is 3.28. The Bertz CT molecular complexity index is 84.3. The fourth-order valence-electron chi connectivity index (χ4n) is 1.69. The minimum atomic E-state index is 1.21. The summed E-state index contributed by atoms with van der Waals surface area (Å²) >= 11 is 1.72. The molecule has 1 nitrogen and oxygen atoms in total. The Morgan fingerprint density at radius 3 is 1.57 bits per heavy atom. The Hall–Kier alpha value is 0.750. The van der Waals surface area contributed by atoms with Crippen molar-refractivity contribution >= 4 is 22.6 Å². The first kappa shape index (κ1) is 14.7. The first-order valence-corrected chi connectivity index (χ1v) is 7.56. The normalized spacial score (nSPS) is 10.7. The van der Waals surface area contributed by atoms with E-state index in [0.717, 1.165) is 0 Å². The van der Waals surface area contributed by atoms with Crippen LogP contribution >= 0.6 is 0 Å². The average molecular weight is 313 g/mol. The molecule has 0 radical (unpaired) electrons. The van der Waals surface area contributed by atoms with Gasteiger partial charge in [-0.3, -0.25) is 0 Å². The molecule has 0 spiro atoms. The van der Waals surface area contributed by atoms with Gasteiger partial charge in [0.15, 0.2) is 0 Å². The summed E-state index contributed by atoms with van der Waals surface area (Å²) in [5.74, 6) is 0. The molecule has 0 rings (SSSR count). The van der Waals surface area contributed by atoms with Crippen LogP contribution < -0.4 is 3.57 Å². The number of rotatable bonds is 11. The first-order chi connectivity index (χ1) is 6.91. The number of nitrogens with one attached hydrogen (secondary N) is 1. The van der Waals surface area contributed by atoms with Gasteiger partial charge in [0.25, 0.3) is 0 Å². The predicted octanol–water partition coefficient (Wildman–Crippen LogP) is 3.31. The maximum absolute atomic E-state index is 3.24. The van der Waals surface area contributed by atoms with E-state index < -0.39 is 0 Å². The summed E-state index contributed by atoms with van der Waals surface area (Å²) in [6.45, 7) is 3.49. The Kier molecular flexibility index (Phi) is 14.5. The van der Waals surface area contributed by atoms with E-state index in [1.54, 1.807) is 22.6 Å². The second-order valence-corrected chi connectivity index (χ2v) is 4.99. The summed E-state index contributed by atoms with van der Waals surface area (Å²) < 4.78 is 3.24. The molecule has 86 valence electrons. The van der Waals surface area contributed by atoms with E-state index in [-0.39, 0.29) is 0 Å². The molecule has 0 saturated carbocycles. The van der Waals surface area contributed by atoms with Gasteiger partial charge in [-0.25, -0.2) is 0 Å². The van der Waals surface area contributed by atoms with Crippen LogP contribution in [0.25, 0.3) is 0 Å². The van der Waals surface area contributed by atoms with Gasteiger partial charge >= 0.3 is 96.9 Å². The third kappa shape index (κ3) is 12.7. The Morgan fingerprint density at radius 2 is 1.14 bits per heavy atom. The van der Waals surface area contributed by atoms with Gasteiger partial charge in [0.05, 0.1) is 0 Å². The molecule has 0 bridgehead atoms. The van der Waals surface area contributed by atoms with E-state index >= 15 is 0 Å². The SMILES string of the molecule is CCCCCCCCCCCCN[TeH]. The monoisotopic (exact) mass is 315 g/mol. The first-order valence-electron chi connectivity index (χ1n) is 6.28. The molecule has 0 aliphatic rings. The van der Waals surface area contributed by atoms with Crippen LogP contribution in [0.3, 0.4) is 0 Å². The van der Waals surface area contributed by atoms with Gasteiger partial charge in [-0.2, -0.15) is 0 Å². The van der Waals surface area contributed by atoms with Crippen molar-refractivity contribution in [3.05, 3.63) is 0 Å². The van der Waals surface area contributed by atoms with Crippen molar-refractivity contribution in [3.63, 3.8) is 0 Å². The van der Waals surface area contributed by atoms with Gasteiger partial charge in [0.2, 0.25) is 0 Å². The molecule has 0 amide bonds. The minimum absolute atomic E-state index is 1.21. The van der Waals surface area contributed by atoms with Crippen molar-refractivity contribution in [3.8, 4) is 0 Å². The van der Waals surface area contributed by atoms with Crippen molar-refractivity contribution in [1.29, 1.82) is 0 Å². The molecule has 0 heterocycles. The molecule has 2 heteroatoms. The average Bonchev–Trinajstić information content (AvgIpc) is 2.21. The van der Waals surface area contributed by atoms with Gasteiger partial charge in [-0.15, -0.1) is 0 Å². The second-order valence-electron chi connectivity index (χ2n) is 4.09. The van der Waals surface area contributed by atoms with Crippen LogP contribution in [0.15, 0.2) is 0 Å². The second kappa shape index (κ2) is 13.7. The number of unbranched alkanes of at least 4 members (excludes halogenated alkanes) is 9. The van der Waals surface area contributed by atoms with Crippen molar-refractivity contribution < 1.29 is 0 Å². The maximum atomic E-state index is 3.24. The zero-order valence-corrected chi connectivity index (χ0v) is 12.3. The Morgan fingerprint density at radius 1 is 0.714 bits per heavy atom. The fraction of sp³-hybridized carbons (Fsp3) is 1.00. The van der Waals surface area contributed by atoms with Gasteiger partial charge in [0, 0.05) is 0 Å². The fourth-order valence-corrected chi connectivity index (χ4v) is 2.14. The zero-order valence-electron chi connectivity index (χ0n) is 9.73. The van der Waals surface area contributed by atoms with Crippen LogP contribution in [0.1, 0.15) is 71.1 Å². The molecular formula is C12H27NTe. The van der Waals surface area contributed by atoms with Gasteiger partial charge < -0.3 is 0 Å². The summed E-state index contributed by atoms with van der Waals surface area (Å²) in [6, 6.07) is 0. The summed E-state index contributed by atoms with van der Waals surface area (Å²) in [5.41, 5.74) is 0. The Balaban J connectivity index is 2.78. The third-order valence-electron chi connectivity index (χ3n) is 2.64. The standard InChI is InChI=1S/C12H27NTe/c1-2-3-4-5-6-7-8-9-10-11-12-13-14/h13-14H,2-12H2,1H3. The molecule has 1 N–H and O–H groups in total. The molecule has 0 aromatic heterocycles. The molecule has 0 aromatic rings. The molecule has 0 fully saturated rings. The number of hydrogen-bond acceptors (Lipinski definition) is 1. The summed E-state index contributed by atoms with van der Waals surface area (Å²) in [5, 5.41) is 0. The van der Waals surface area contributed by atoms with E-state index in [1.165, 1.54) is 70.8 Å². The molecule has 0 aromatic carbocycles. The van der Waals surface area contributed by atoms with Gasteiger partial charge in [-0.1, -0.05) is 6.92 Å². The van der Waals surface area contributed by atoms with E-state index in [0.29, 0.717) is 0 Å². The van der Waals surface area contributed by atoms with Crippen molar-refractivity contribution in [2.45, 2.75) is 71.1 Å². The van der Waals surface area contributed by atoms with Crippen LogP contribution in [0.2, 0.25) is 0 Å². The quantitative estimate of drug-likeness (QED) is 0.456.